The molecule has 0 aliphatic rings. The molecule has 0 radical (unpaired) electrons. The lowest BCUT2D eigenvalue weighted by atomic mass is 10.3. The minimum atomic E-state index is -0.971. The molecule has 1 rings (SSSR count). The van der Waals surface area contributed by atoms with Gasteiger partial charge in [0, 0.05) is 19.2 Å². The highest BCUT2D eigenvalue weighted by molar-refractivity contribution is 5.73. The van der Waals surface area contributed by atoms with Crippen LogP contribution >= 0.6 is 0 Å². The second-order valence-corrected chi connectivity index (χ2v) is 4.65. The predicted molar refractivity (Wildman–Crippen MR) is 74.0 cm³/mol. The first-order valence-electron chi connectivity index (χ1n) is 6.04. The largest absolute Gasteiger partial charge is 0.480 e. The number of nitrogens with zero attached hydrogens (tertiary/aromatic N) is 4. The molecule has 1 heterocycles. The zero-order chi connectivity index (χ0) is 15.3. The molecule has 1 aromatic heterocycles. The zero-order valence-electron chi connectivity index (χ0n) is 11.7. The first kappa shape index (κ1) is 15.8. The summed E-state index contributed by atoms with van der Waals surface area (Å²) in [5.74, 6) is -0.543. The lowest BCUT2D eigenvalue weighted by molar-refractivity contribution is -0.385. The van der Waals surface area contributed by atoms with Crippen LogP contribution in [0.15, 0.2) is 12.1 Å². The smallest absolute Gasteiger partial charge is 0.323 e. The van der Waals surface area contributed by atoms with Crippen molar-refractivity contribution < 1.29 is 14.8 Å². The molecule has 8 heteroatoms. The van der Waals surface area contributed by atoms with E-state index in [0.717, 1.165) is 0 Å². The van der Waals surface area contributed by atoms with E-state index in [4.69, 9.17) is 5.11 Å². The third-order valence-electron chi connectivity index (χ3n) is 2.71. The monoisotopic (exact) mass is 282 g/mol. The minimum absolute atomic E-state index is 0.0726. The van der Waals surface area contributed by atoms with Gasteiger partial charge in [0.05, 0.1) is 4.92 Å². The SMILES string of the molecule is Cc1nc(N(CCN(C)C)CC(=O)O)ccc1[N+](=O)[O-]. The Morgan fingerprint density at radius 2 is 2.05 bits per heavy atom. The number of pyridine rings is 1. The van der Waals surface area contributed by atoms with Gasteiger partial charge in [0.2, 0.25) is 0 Å². The standard InChI is InChI=1S/C12H18N4O4/c1-9-10(16(19)20)4-5-11(13-9)15(8-12(17)18)7-6-14(2)3/h4-5H,6-8H2,1-3H3,(H,17,18). The van der Waals surface area contributed by atoms with E-state index in [1.165, 1.54) is 19.1 Å². The molecular formula is C12H18N4O4. The van der Waals surface area contributed by atoms with Crippen LogP contribution in [0.25, 0.3) is 0 Å². The molecule has 0 fully saturated rings. The molecule has 0 aliphatic carbocycles. The lowest BCUT2D eigenvalue weighted by Crippen LogP contribution is -2.36. The number of hydrogen-bond donors (Lipinski definition) is 1. The van der Waals surface area contributed by atoms with E-state index in [9.17, 15) is 14.9 Å². The fraction of sp³-hybridized carbons (Fsp3) is 0.500. The van der Waals surface area contributed by atoms with E-state index >= 15 is 0 Å². The normalized spacial score (nSPS) is 10.6. The van der Waals surface area contributed by atoms with Crippen molar-refractivity contribution in [2.24, 2.45) is 0 Å². The number of anilines is 1. The van der Waals surface area contributed by atoms with E-state index in [1.807, 2.05) is 19.0 Å². The van der Waals surface area contributed by atoms with Crippen LogP contribution in [0.4, 0.5) is 11.5 Å². The number of aryl methyl sites for hydroxylation is 1. The maximum atomic E-state index is 10.9. The third-order valence-corrected chi connectivity index (χ3v) is 2.71. The number of carboxylic acids is 1. The highest BCUT2D eigenvalue weighted by Crippen LogP contribution is 2.20. The van der Waals surface area contributed by atoms with Gasteiger partial charge < -0.3 is 14.9 Å². The van der Waals surface area contributed by atoms with Gasteiger partial charge in [-0.05, 0) is 27.1 Å². The summed E-state index contributed by atoms with van der Waals surface area (Å²) in [6.07, 6.45) is 0. The van der Waals surface area contributed by atoms with Crippen molar-refractivity contribution in [1.82, 2.24) is 9.88 Å². The van der Waals surface area contributed by atoms with Crippen LogP contribution in [0.2, 0.25) is 0 Å². The van der Waals surface area contributed by atoms with Gasteiger partial charge in [-0.15, -0.1) is 0 Å². The molecule has 0 saturated heterocycles. The van der Waals surface area contributed by atoms with Gasteiger partial charge in [-0.3, -0.25) is 14.9 Å². The van der Waals surface area contributed by atoms with Gasteiger partial charge in [-0.25, -0.2) is 4.98 Å². The average molecular weight is 282 g/mol. The summed E-state index contributed by atoms with van der Waals surface area (Å²) in [5.41, 5.74) is 0.198. The fourth-order valence-corrected chi connectivity index (χ4v) is 1.67. The second kappa shape index (κ2) is 6.80. The summed E-state index contributed by atoms with van der Waals surface area (Å²) < 4.78 is 0. The minimum Gasteiger partial charge on any atom is -0.480 e. The van der Waals surface area contributed by atoms with Gasteiger partial charge in [-0.1, -0.05) is 0 Å². The number of aromatic nitrogens is 1. The van der Waals surface area contributed by atoms with Crippen LogP contribution in [-0.2, 0) is 4.79 Å². The Kier molecular flexibility index (Phi) is 5.39. The number of nitro groups is 1. The van der Waals surface area contributed by atoms with Crippen molar-refractivity contribution in [1.29, 1.82) is 0 Å². The van der Waals surface area contributed by atoms with E-state index < -0.39 is 10.9 Å². The molecule has 8 nitrogen and oxygen atoms in total. The molecule has 0 spiro atoms. The summed E-state index contributed by atoms with van der Waals surface area (Å²) in [7, 11) is 3.76. The van der Waals surface area contributed by atoms with Gasteiger partial charge in [0.25, 0.3) is 5.69 Å². The molecule has 0 unspecified atom stereocenters. The first-order valence-corrected chi connectivity index (χ1v) is 6.04. The summed E-state index contributed by atoms with van der Waals surface area (Å²) in [5, 5.41) is 19.7. The number of carboxylic acid groups (broad SMARTS) is 1. The quantitative estimate of drug-likeness (QED) is 0.581. The van der Waals surface area contributed by atoms with Crippen molar-refractivity contribution in [3.05, 3.63) is 27.9 Å². The third kappa shape index (κ3) is 4.47. The summed E-state index contributed by atoms with van der Waals surface area (Å²) in [6, 6.07) is 2.83. The summed E-state index contributed by atoms with van der Waals surface area (Å²) in [6.45, 7) is 2.47. The van der Waals surface area contributed by atoms with Gasteiger partial charge >= 0.3 is 5.97 Å². The molecular weight excluding hydrogens is 264 g/mol. The molecule has 1 N–H and O–H groups in total. The molecule has 0 amide bonds. The number of carbonyl (C=O) groups is 1. The lowest BCUT2D eigenvalue weighted by Gasteiger charge is -2.23. The summed E-state index contributed by atoms with van der Waals surface area (Å²) in [4.78, 5) is 28.8. The van der Waals surface area contributed by atoms with Crippen molar-refractivity contribution in [3.63, 3.8) is 0 Å². The molecule has 0 aromatic carbocycles. The Labute approximate surface area is 116 Å². The van der Waals surface area contributed by atoms with Crippen LogP contribution in [0.3, 0.4) is 0 Å². The van der Waals surface area contributed by atoms with Crippen LogP contribution in [0, 0.1) is 17.0 Å². The van der Waals surface area contributed by atoms with Crippen molar-refractivity contribution in [3.8, 4) is 0 Å². The molecule has 0 saturated carbocycles. The Bertz CT molecular complexity index is 504. The highest BCUT2D eigenvalue weighted by Gasteiger charge is 2.17. The maximum absolute atomic E-state index is 10.9. The first-order chi connectivity index (χ1) is 9.31. The topological polar surface area (TPSA) is 99.8 Å². The Morgan fingerprint density at radius 3 is 2.50 bits per heavy atom. The van der Waals surface area contributed by atoms with Gasteiger partial charge in [0.15, 0.2) is 0 Å². The Hall–Kier alpha value is -2.22. The van der Waals surface area contributed by atoms with Crippen LogP contribution in [0.5, 0.6) is 0 Å². The van der Waals surface area contributed by atoms with E-state index in [1.54, 1.807) is 4.90 Å². The zero-order valence-corrected chi connectivity index (χ0v) is 11.7. The van der Waals surface area contributed by atoms with Crippen LogP contribution in [-0.4, -0.2) is 59.6 Å². The van der Waals surface area contributed by atoms with E-state index in [2.05, 4.69) is 4.98 Å². The number of likely N-dealkylation sites (N-methyl/N-ethyl adjacent to an activating group) is 1. The maximum Gasteiger partial charge on any atom is 0.323 e. The number of aliphatic carboxylic acids is 1. The molecule has 110 valence electrons. The molecule has 0 atom stereocenters. The highest BCUT2D eigenvalue weighted by atomic mass is 16.6. The van der Waals surface area contributed by atoms with Crippen molar-refractivity contribution >= 4 is 17.5 Å². The molecule has 1 aromatic rings. The van der Waals surface area contributed by atoms with Crippen LogP contribution in [0.1, 0.15) is 5.69 Å². The Balaban J connectivity index is 2.97. The number of hydrogen-bond acceptors (Lipinski definition) is 6. The van der Waals surface area contributed by atoms with E-state index in [0.29, 0.717) is 18.9 Å². The van der Waals surface area contributed by atoms with Gasteiger partial charge in [0.1, 0.15) is 18.1 Å². The van der Waals surface area contributed by atoms with Gasteiger partial charge in [-0.2, -0.15) is 0 Å². The average Bonchev–Trinajstić information content (AvgIpc) is 2.33. The predicted octanol–water partition coefficient (Wildman–Crippen LogP) is 0.751. The molecule has 20 heavy (non-hydrogen) atoms. The molecule has 0 aliphatic heterocycles. The Morgan fingerprint density at radius 1 is 1.40 bits per heavy atom. The summed E-state index contributed by atoms with van der Waals surface area (Å²) >= 11 is 0. The van der Waals surface area contributed by atoms with Crippen molar-refractivity contribution in [2.45, 2.75) is 6.92 Å². The molecule has 0 bridgehead atoms. The van der Waals surface area contributed by atoms with Crippen LogP contribution < -0.4 is 4.90 Å². The number of rotatable bonds is 7. The second-order valence-electron chi connectivity index (χ2n) is 4.65. The van der Waals surface area contributed by atoms with Crippen molar-refractivity contribution in [2.75, 3.05) is 38.6 Å². The fourth-order valence-electron chi connectivity index (χ4n) is 1.67. The van der Waals surface area contributed by atoms with E-state index in [-0.39, 0.29) is 17.9 Å².